The van der Waals surface area contributed by atoms with E-state index < -0.39 is 0 Å². The first-order chi connectivity index (χ1) is 8.13. The molecule has 2 rings (SSSR count). The van der Waals surface area contributed by atoms with E-state index in [1.807, 2.05) is 20.9 Å². The Kier molecular flexibility index (Phi) is 3.60. The van der Waals surface area contributed by atoms with Crippen molar-refractivity contribution in [2.24, 2.45) is 0 Å². The van der Waals surface area contributed by atoms with E-state index in [2.05, 4.69) is 22.1 Å². The zero-order valence-electron chi connectivity index (χ0n) is 10.3. The van der Waals surface area contributed by atoms with Crippen molar-refractivity contribution in [3.63, 3.8) is 0 Å². The van der Waals surface area contributed by atoms with Gasteiger partial charge in [-0.1, -0.05) is 0 Å². The molecule has 0 bridgehead atoms. The van der Waals surface area contributed by atoms with Crippen LogP contribution < -0.4 is 5.32 Å². The Morgan fingerprint density at radius 3 is 2.35 bits per heavy atom. The van der Waals surface area contributed by atoms with Crippen LogP contribution in [0.4, 0.5) is 4.39 Å². The van der Waals surface area contributed by atoms with Gasteiger partial charge in [-0.2, -0.15) is 11.3 Å². The Bertz CT molecular complexity index is 482. The summed E-state index contributed by atoms with van der Waals surface area (Å²) in [5.74, 6) is -0.163. The summed E-state index contributed by atoms with van der Waals surface area (Å²) in [5.41, 5.74) is 4.39. The second-order valence-corrected chi connectivity index (χ2v) is 5.01. The number of aryl methyl sites for hydroxylation is 2. The van der Waals surface area contributed by atoms with Gasteiger partial charge in [-0.3, -0.25) is 0 Å². The van der Waals surface area contributed by atoms with E-state index in [9.17, 15) is 4.39 Å². The van der Waals surface area contributed by atoms with E-state index in [-0.39, 0.29) is 11.9 Å². The van der Waals surface area contributed by atoms with E-state index in [0.717, 1.165) is 11.1 Å². The molecule has 3 heteroatoms. The molecule has 90 valence electrons. The minimum absolute atomic E-state index is 0.141. The third kappa shape index (κ3) is 2.40. The van der Waals surface area contributed by atoms with Gasteiger partial charge in [-0.15, -0.1) is 0 Å². The Morgan fingerprint density at radius 1 is 1.24 bits per heavy atom. The van der Waals surface area contributed by atoms with Crippen molar-refractivity contribution in [1.82, 2.24) is 5.32 Å². The molecular weight excluding hydrogens is 233 g/mol. The minimum atomic E-state index is -0.163. The lowest BCUT2D eigenvalue weighted by atomic mass is 9.92. The monoisotopic (exact) mass is 249 g/mol. The molecule has 1 N–H and O–H groups in total. The van der Waals surface area contributed by atoms with Crippen molar-refractivity contribution in [2.45, 2.75) is 19.9 Å². The van der Waals surface area contributed by atoms with E-state index in [1.165, 1.54) is 11.1 Å². The van der Waals surface area contributed by atoms with Crippen LogP contribution in [0.15, 0.2) is 29.0 Å². The van der Waals surface area contributed by atoms with Crippen LogP contribution >= 0.6 is 11.3 Å². The Morgan fingerprint density at radius 2 is 1.88 bits per heavy atom. The van der Waals surface area contributed by atoms with Crippen LogP contribution in [0.5, 0.6) is 0 Å². The van der Waals surface area contributed by atoms with Crippen molar-refractivity contribution in [2.75, 3.05) is 7.05 Å². The summed E-state index contributed by atoms with van der Waals surface area (Å²) < 4.78 is 13.3. The Labute approximate surface area is 105 Å². The molecule has 17 heavy (non-hydrogen) atoms. The number of rotatable bonds is 3. The van der Waals surface area contributed by atoms with E-state index in [0.29, 0.717) is 0 Å². The lowest BCUT2D eigenvalue weighted by molar-refractivity contribution is 0.618. The van der Waals surface area contributed by atoms with Crippen LogP contribution in [0.2, 0.25) is 0 Å². The molecule has 1 atom stereocenters. The lowest BCUT2D eigenvalue weighted by Gasteiger charge is -2.20. The van der Waals surface area contributed by atoms with Crippen LogP contribution in [-0.2, 0) is 0 Å². The normalized spacial score (nSPS) is 12.7. The summed E-state index contributed by atoms with van der Waals surface area (Å²) in [4.78, 5) is 0. The Balaban J connectivity index is 2.52. The zero-order chi connectivity index (χ0) is 12.4. The van der Waals surface area contributed by atoms with Crippen LogP contribution in [0, 0.1) is 19.7 Å². The highest BCUT2D eigenvalue weighted by molar-refractivity contribution is 7.08. The topological polar surface area (TPSA) is 12.0 Å². The molecule has 0 saturated carbocycles. The first-order valence-corrected chi connectivity index (χ1v) is 6.53. The molecule has 0 fully saturated rings. The molecule has 2 aromatic rings. The molecule has 0 aliphatic carbocycles. The lowest BCUT2D eigenvalue weighted by Crippen LogP contribution is -2.19. The molecular formula is C14H16FNS. The third-order valence-electron chi connectivity index (χ3n) is 3.01. The highest BCUT2D eigenvalue weighted by Gasteiger charge is 2.17. The molecule has 0 spiro atoms. The maximum atomic E-state index is 13.3. The smallest absolute Gasteiger partial charge is 0.123 e. The van der Waals surface area contributed by atoms with E-state index >= 15 is 0 Å². The number of nitrogens with one attached hydrogen (secondary N) is 1. The summed E-state index contributed by atoms with van der Waals surface area (Å²) >= 11 is 1.68. The Hall–Kier alpha value is -1.19. The third-order valence-corrected chi connectivity index (χ3v) is 3.71. The van der Waals surface area contributed by atoms with Crippen LogP contribution in [0.1, 0.15) is 28.3 Å². The van der Waals surface area contributed by atoms with Gasteiger partial charge < -0.3 is 5.32 Å². The van der Waals surface area contributed by atoms with Gasteiger partial charge in [0.05, 0.1) is 6.04 Å². The molecule has 1 aromatic carbocycles. The average molecular weight is 249 g/mol. The van der Waals surface area contributed by atoms with Crippen molar-refractivity contribution < 1.29 is 4.39 Å². The fourth-order valence-corrected chi connectivity index (χ4v) is 2.98. The molecule has 1 heterocycles. The largest absolute Gasteiger partial charge is 0.309 e. The van der Waals surface area contributed by atoms with Gasteiger partial charge in [-0.25, -0.2) is 4.39 Å². The second-order valence-electron chi connectivity index (χ2n) is 4.23. The first kappa shape index (κ1) is 12.3. The SMILES string of the molecule is CNC(c1ccsc1)c1c(C)cc(F)cc1C. The molecule has 0 amide bonds. The molecule has 0 radical (unpaired) electrons. The quantitative estimate of drug-likeness (QED) is 0.872. The van der Waals surface area contributed by atoms with Crippen LogP contribution in [-0.4, -0.2) is 7.05 Å². The standard InChI is InChI=1S/C14H16FNS/c1-9-6-12(15)7-10(2)13(9)14(16-3)11-4-5-17-8-11/h4-8,14,16H,1-3H3. The van der Waals surface area contributed by atoms with Crippen molar-refractivity contribution in [3.05, 3.63) is 57.0 Å². The van der Waals surface area contributed by atoms with Crippen molar-refractivity contribution in [3.8, 4) is 0 Å². The van der Waals surface area contributed by atoms with Gasteiger partial charge in [0, 0.05) is 0 Å². The van der Waals surface area contributed by atoms with Gasteiger partial charge >= 0.3 is 0 Å². The number of halogens is 1. The summed E-state index contributed by atoms with van der Waals surface area (Å²) in [6.45, 7) is 3.92. The zero-order valence-corrected chi connectivity index (χ0v) is 11.1. The van der Waals surface area contributed by atoms with Crippen molar-refractivity contribution >= 4 is 11.3 Å². The van der Waals surface area contributed by atoms with Crippen LogP contribution in [0.25, 0.3) is 0 Å². The molecule has 0 aliphatic rings. The summed E-state index contributed by atoms with van der Waals surface area (Å²) in [5, 5.41) is 7.50. The molecule has 1 unspecified atom stereocenters. The first-order valence-electron chi connectivity index (χ1n) is 5.59. The molecule has 1 aromatic heterocycles. The van der Waals surface area contributed by atoms with E-state index in [4.69, 9.17) is 0 Å². The molecule has 0 aliphatic heterocycles. The summed E-state index contributed by atoms with van der Waals surface area (Å²) in [7, 11) is 1.94. The fraction of sp³-hybridized carbons (Fsp3) is 0.286. The van der Waals surface area contributed by atoms with Gasteiger partial charge in [0.2, 0.25) is 0 Å². The number of hydrogen-bond donors (Lipinski definition) is 1. The molecule has 1 nitrogen and oxygen atoms in total. The number of thiophene rings is 1. The molecule has 0 saturated heterocycles. The maximum absolute atomic E-state index is 13.3. The fourth-order valence-electron chi connectivity index (χ4n) is 2.29. The second kappa shape index (κ2) is 4.98. The van der Waals surface area contributed by atoms with Crippen LogP contribution in [0.3, 0.4) is 0 Å². The minimum Gasteiger partial charge on any atom is -0.309 e. The predicted molar refractivity (Wildman–Crippen MR) is 71.1 cm³/mol. The highest BCUT2D eigenvalue weighted by atomic mass is 32.1. The van der Waals surface area contributed by atoms with E-state index in [1.54, 1.807) is 23.5 Å². The van der Waals surface area contributed by atoms with Crippen molar-refractivity contribution in [1.29, 1.82) is 0 Å². The average Bonchev–Trinajstić information content (AvgIpc) is 2.76. The maximum Gasteiger partial charge on any atom is 0.123 e. The summed E-state index contributed by atoms with van der Waals surface area (Å²) in [6, 6.07) is 5.44. The highest BCUT2D eigenvalue weighted by Crippen LogP contribution is 2.29. The number of hydrogen-bond acceptors (Lipinski definition) is 2. The van der Waals surface area contributed by atoms with Gasteiger partial charge in [0.25, 0.3) is 0 Å². The predicted octanol–water partition coefficient (Wildman–Crippen LogP) is 3.81. The number of benzene rings is 1. The summed E-state index contributed by atoms with van der Waals surface area (Å²) in [6.07, 6.45) is 0. The van der Waals surface area contributed by atoms with Gasteiger partial charge in [-0.05, 0) is 72.1 Å². The van der Waals surface area contributed by atoms with Gasteiger partial charge in [0.15, 0.2) is 0 Å². The van der Waals surface area contributed by atoms with Gasteiger partial charge in [0.1, 0.15) is 5.82 Å².